The number of hydrogen-bond donors (Lipinski definition) is 1. The number of nitriles is 1. The van der Waals surface area contributed by atoms with Crippen LogP contribution in [0, 0.1) is 11.3 Å². The van der Waals surface area contributed by atoms with Crippen molar-refractivity contribution < 1.29 is 9.53 Å². The molecule has 1 amide bonds. The first-order valence-corrected chi connectivity index (χ1v) is 9.05. The quantitative estimate of drug-likeness (QED) is 0.853. The number of benzene rings is 2. The van der Waals surface area contributed by atoms with Crippen LogP contribution in [-0.4, -0.2) is 50.7 Å². The summed E-state index contributed by atoms with van der Waals surface area (Å²) in [7, 11) is 1.93. The van der Waals surface area contributed by atoms with Gasteiger partial charge in [-0.1, -0.05) is 24.3 Å². The summed E-state index contributed by atoms with van der Waals surface area (Å²) in [6.45, 7) is 4.21. The van der Waals surface area contributed by atoms with Crippen molar-refractivity contribution in [2.45, 2.75) is 6.54 Å². The molecule has 3 rings (SSSR count). The van der Waals surface area contributed by atoms with Crippen LogP contribution in [-0.2, 0) is 16.1 Å². The summed E-state index contributed by atoms with van der Waals surface area (Å²) in [5, 5.41) is 11.8. The minimum absolute atomic E-state index is 0.101. The molecule has 0 saturated carbocycles. The maximum Gasteiger partial charge on any atom is 0.238 e. The van der Waals surface area contributed by atoms with Gasteiger partial charge in [-0.3, -0.25) is 9.69 Å². The van der Waals surface area contributed by atoms with E-state index in [1.165, 1.54) is 11.3 Å². The number of amides is 1. The van der Waals surface area contributed by atoms with E-state index in [1.807, 2.05) is 24.1 Å². The van der Waals surface area contributed by atoms with Crippen molar-refractivity contribution in [1.29, 1.82) is 5.26 Å². The van der Waals surface area contributed by atoms with Crippen molar-refractivity contribution in [3.8, 4) is 6.07 Å². The molecule has 1 saturated heterocycles. The SMILES string of the molecule is CN(CC(=O)Nc1cccc(C#N)c1)Cc1ccccc1N1CCOCC1. The number of anilines is 2. The molecule has 140 valence electrons. The number of rotatable bonds is 6. The zero-order chi connectivity index (χ0) is 19.1. The molecular weight excluding hydrogens is 340 g/mol. The minimum Gasteiger partial charge on any atom is -0.378 e. The minimum atomic E-state index is -0.101. The third-order valence-electron chi connectivity index (χ3n) is 4.47. The van der Waals surface area contributed by atoms with E-state index in [9.17, 15) is 4.79 Å². The van der Waals surface area contributed by atoms with Gasteiger partial charge in [0.25, 0.3) is 0 Å². The van der Waals surface area contributed by atoms with Gasteiger partial charge < -0.3 is 15.0 Å². The molecule has 0 atom stereocenters. The lowest BCUT2D eigenvalue weighted by atomic mass is 10.1. The molecule has 1 fully saturated rings. The van der Waals surface area contributed by atoms with Crippen LogP contribution in [0.2, 0.25) is 0 Å². The Kier molecular flexibility index (Phi) is 6.42. The number of likely N-dealkylation sites (N-methyl/N-ethyl adjacent to an activating group) is 1. The molecule has 0 bridgehead atoms. The fourth-order valence-corrected chi connectivity index (χ4v) is 3.22. The predicted molar refractivity (Wildman–Crippen MR) is 106 cm³/mol. The highest BCUT2D eigenvalue weighted by Gasteiger charge is 2.16. The molecule has 0 radical (unpaired) electrons. The molecule has 1 N–H and O–H groups in total. The maximum absolute atomic E-state index is 12.3. The van der Waals surface area contributed by atoms with E-state index in [1.54, 1.807) is 24.3 Å². The molecular formula is C21H24N4O2. The Morgan fingerprint density at radius 2 is 2.00 bits per heavy atom. The van der Waals surface area contributed by atoms with Crippen molar-refractivity contribution in [2.24, 2.45) is 0 Å². The number of carbonyl (C=O) groups excluding carboxylic acids is 1. The van der Waals surface area contributed by atoms with Gasteiger partial charge in [0.1, 0.15) is 0 Å². The van der Waals surface area contributed by atoms with Crippen LogP contribution in [0.4, 0.5) is 11.4 Å². The number of nitrogens with zero attached hydrogens (tertiary/aromatic N) is 3. The van der Waals surface area contributed by atoms with Crippen molar-refractivity contribution in [1.82, 2.24) is 4.90 Å². The number of hydrogen-bond acceptors (Lipinski definition) is 5. The summed E-state index contributed by atoms with van der Waals surface area (Å²) in [5.74, 6) is -0.101. The molecule has 1 aliphatic rings. The number of ether oxygens (including phenoxy) is 1. The lowest BCUT2D eigenvalue weighted by molar-refractivity contribution is -0.117. The highest BCUT2D eigenvalue weighted by Crippen LogP contribution is 2.22. The van der Waals surface area contributed by atoms with Crippen LogP contribution in [0.25, 0.3) is 0 Å². The van der Waals surface area contributed by atoms with E-state index in [0.717, 1.165) is 26.3 Å². The fraction of sp³-hybridized carbons (Fsp3) is 0.333. The Hall–Kier alpha value is -2.88. The summed E-state index contributed by atoms with van der Waals surface area (Å²) in [6, 6.07) is 17.3. The van der Waals surface area contributed by atoms with Gasteiger partial charge in [0.2, 0.25) is 5.91 Å². The van der Waals surface area contributed by atoms with E-state index >= 15 is 0 Å². The smallest absolute Gasteiger partial charge is 0.238 e. The fourth-order valence-electron chi connectivity index (χ4n) is 3.22. The second-order valence-corrected chi connectivity index (χ2v) is 6.64. The highest BCUT2D eigenvalue weighted by molar-refractivity contribution is 5.92. The van der Waals surface area contributed by atoms with Gasteiger partial charge in [-0.25, -0.2) is 0 Å². The summed E-state index contributed by atoms with van der Waals surface area (Å²) >= 11 is 0. The summed E-state index contributed by atoms with van der Waals surface area (Å²) in [4.78, 5) is 16.7. The number of morpholine rings is 1. The molecule has 2 aromatic carbocycles. The van der Waals surface area contributed by atoms with Crippen molar-refractivity contribution in [2.75, 3.05) is 50.1 Å². The average molecular weight is 364 g/mol. The molecule has 6 nitrogen and oxygen atoms in total. The van der Waals surface area contributed by atoms with E-state index in [2.05, 4.69) is 28.4 Å². The molecule has 2 aromatic rings. The second kappa shape index (κ2) is 9.17. The van der Waals surface area contributed by atoms with Gasteiger partial charge in [0.05, 0.1) is 31.4 Å². The Bertz CT molecular complexity index is 825. The zero-order valence-corrected chi connectivity index (χ0v) is 15.5. The molecule has 0 spiro atoms. The van der Waals surface area contributed by atoms with Gasteiger partial charge >= 0.3 is 0 Å². The summed E-state index contributed by atoms with van der Waals surface area (Å²) < 4.78 is 5.44. The summed E-state index contributed by atoms with van der Waals surface area (Å²) in [5.41, 5.74) is 3.57. The van der Waals surface area contributed by atoms with E-state index < -0.39 is 0 Å². The van der Waals surface area contributed by atoms with E-state index in [4.69, 9.17) is 10.00 Å². The summed E-state index contributed by atoms with van der Waals surface area (Å²) in [6.07, 6.45) is 0. The Morgan fingerprint density at radius 1 is 1.22 bits per heavy atom. The molecule has 0 aliphatic carbocycles. The lowest BCUT2D eigenvalue weighted by Crippen LogP contribution is -2.37. The molecule has 0 aromatic heterocycles. The van der Waals surface area contributed by atoms with Crippen LogP contribution in [0.5, 0.6) is 0 Å². The molecule has 6 heteroatoms. The lowest BCUT2D eigenvalue weighted by Gasteiger charge is -2.31. The standard InChI is InChI=1S/C21H24N4O2/c1-24(16-21(26)23-19-7-4-5-17(13-19)14-22)15-18-6-2-3-8-20(18)25-9-11-27-12-10-25/h2-8,13H,9-12,15-16H2,1H3,(H,23,26). The number of para-hydroxylation sites is 1. The second-order valence-electron chi connectivity index (χ2n) is 6.64. The normalized spacial score (nSPS) is 14.0. The molecule has 1 aliphatic heterocycles. The first-order valence-electron chi connectivity index (χ1n) is 9.05. The molecule has 0 unspecified atom stereocenters. The number of carbonyl (C=O) groups is 1. The van der Waals surface area contributed by atoms with Crippen molar-refractivity contribution in [3.05, 3.63) is 59.7 Å². The van der Waals surface area contributed by atoms with Crippen LogP contribution in [0.1, 0.15) is 11.1 Å². The third-order valence-corrected chi connectivity index (χ3v) is 4.47. The van der Waals surface area contributed by atoms with Gasteiger partial charge in [0, 0.05) is 31.0 Å². The van der Waals surface area contributed by atoms with Crippen molar-refractivity contribution in [3.63, 3.8) is 0 Å². The molecule has 27 heavy (non-hydrogen) atoms. The van der Waals surface area contributed by atoms with Crippen molar-refractivity contribution >= 4 is 17.3 Å². The topological polar surface area (TPSA) is 68.6 Å². The van der Waals surface area contributed by atoms with E-state index in [-0.39, 0.29) is 12.5 Å². The first kappa shape index (κ1) is 18.9. The predicted octanol–water partition coefficient (Wildman–Crippen LogP) is 2.47. The Morgan fingerprint density at radius 3 is 2.78 bits per heavy atom. The van der Waals surface area contributed by atoms with Crippen LogP contribution < -0.4 is 10.2 Å². The maximum atomic E-state index is 12.3. The van der Waals surface area contributed by atoms with Gasteiger partial charge in [-0.2, -0.15) is 5.26 Å². The van der Waals surface area contributed by atoms with E-state index in [0.29, 0.717) is 17.8 Å². The van der Waals surface area contributed by atoms with Gasteiger partial charge in [0.15, 0.2) is 0 Å². The highest BCUT2D eigenvalue weighted by atomic mass is 16.5. The molecule has 1 heterocycles. The average Bonchev–Trinajstić information content (AvgIpc) is 2.69. The zero-order valence-electron chi connectivity index (χ0n) is 15.5. The van der Waals surface area contributed by atoms with Crippen LogP contribution in [0.15, 0.2) is 48.5 Å². The Balaban J connectivity index is 1.59. The van der Waals surface area contributed by atoms with Gasteiger partial charge in [-0.05, 0) is 36.9 Å². The Labute approximate surface area is 160 Å². The van der Waals surface area contributed by atoms with Gasteiger partial charge in [-0.15, -0.1) is 0 Å². The van der Waals surface area contributed by atoms with Crippen LogP contribution in [0.3, 0.4) is 0 Å². The third kappa shape index (κ3) is 5.30. The number of nitrogens with one attached hydrogen (secondary N) is 1. The monoisotopic (exact) mass is 364 g/mol. The largest absolute Gasteiger partial charge is 0.378 e. The first-order chi connectivity index (χ1) is 13.2. The van der Waals surface area contributed by atoms with Crippen LogP contribution >= 0.6 is 0 Å².